The molecular formula is C31H31ClN4O4. The van der Waals surface area contributed by atoms with Crippen LogP contribution in [0.2, 0.25) is 5.02 Å². The molecule has 0 radical (unpaired) electrons. The molecule has 0 aliphatic rings. The van der Waals surface area contributed by atoms with E-state index in [1.165, 1.54) is 18.2 Å². The first-order chi connectivity index (χ1) is 19.3. The highest BCUT2D eigenvalue weighted by molar-refractivity contribution is 6.32. The third-order valence-corrected chi connectivity index (χ3v) is 6.54. The molecule has 0 saturated carbocycles. The van der Waals surface area contributed by atoms with Gasteiger partial charge in [-0.1, -0.05) is 66.2 Å². The van der Waals surface area contributed by atoms with Gasteiger partial charge in [0.05, 0.1) is 11.2 Å². The van der Waals surface area contributed by atoms with Gasteiger partial charge >= 0.3 is 0 Å². The minimum atomic E-state index is -0.463. The third-order valence-electron chi connectivity index (χ3n) is 6.23. The SMILES string of the molecule is CN(C)CCN(Cc1ccccc1)C(=O)COc1ccc(/C=N/NC(=O)c2ccc(O)c(Cl)c2)c2ccccc12. The Morgan fingerprint density at radius 1 is 0.950 bits per heavy atom. The quantitative estimate of drug-likeness (QED) is 0.201. The zero-order chi connectivity index (χ0) is 28.5. The van der Waals surface area contributed by atoms with E-state index in [1.54, 1.807) is 12.3 Å². The van der Waals surface area contributed by atoms with E-state index in [4.69, 9.17) is 16.3 Å². The summed E-state index contributed by atoms with van der Waals surface area (Å²) >= 11 is 5.89. The number of rotatable bonds is 11. The number of benzene rings is 4. The second-order valence-corrected chi connectivity index (χ2v) is 9.86. The van der Waals surface area contributed by atoms with Crippen molar-refractivity contribution in [1.82, 2.24) is 15.2 Å². The summed E-state index contributed by atoms with van der Waals surface area (Å²) in [5, 5.41) is 15.4. The van der Waals surface area contributed by atoms with Crippen LogP contribution in [-0.4, -0.2) is 66.7 Å². The lowest BCUT2D eigenvalue weighted by atomic mass is 10.0. The van der Waals surface area contributed by atoms with E-state index >= 15 is 0 Å². The first-order valence-electron chi connectivity index (χ1n) is 12.7. The topological polar surface area (TPSA) is 94.5 Å². The predicted octanol–water partition coefficient (Wildman–Crippen LogP) is 4.93. The van der Waals surface area contributed by atoms with Gasteiger partial charge < -0.3 is 19.6 Å². The molecule has 4 aromatic rings. The Balaban J connectivity index is 1.45. The number of phenols is 1. The number of aromatic hydroxyl groups is 1. The van der Waals surface area contributed by atoms with Gasteiger partial charge in [0.15, 0.2) is 6.61 Å². The maximum Gasteiger partial charge on any atom is 0.271 e. The summed E-state index contributed by atoms with van der Waals surface area (Å²) in [5.74, 6) is -0.0847. The molecule has 0 atom stereocenters. The molecule has 9 heteroatoms. The van der Waals surface area contributed by atoms with Crippen molar-refractivity contribution < 1.29 is 19.4 Å². The number of hydrogen-bond acceptors (Lipinski definition) is 6. The van der Waals surface area contributed by atoms with Gasteiger partial charge in [0, 0.05) is 36.1 Å². The first kappa shape index (κ1) is 28.6. The molecule has 4 rings (SSSR count). The van der Waals surface area contributed by atoms with Gasteiger partial charge in [-0.2, -0.15) is 5.10 Å². The lowest BCUT2D eigenvalue weighted by molar-refractivity contribution is -0.134. The van der Waals surface area contributed by atoms with Gasteiger partial charge in [-0.3, -0.25) is 9.59 Å². The number of amides is 2. The molecule has 4 aromatic carbocycles. The van der Waals surface area contributed by atoms with Crippen molar-refractivity contribution in [3.8, 4) is 11.5 Å². The molecular weight excluding hydrogens is 528 g/mol. The number of carbonyl (C=O) groups excluding carboxylic acids is 2. The minimum Gasteiger partial charge on any atom is -0.506 e. The number of nitrogens with one attached hydrogen (secondary N) is 1. The smallest absolute Gasteiger partial charge is 0.271 e. The van der Waals surface area contributed by atoms with Crippen LogP contribution in [0.3, 0.4) is 0 Å². The Labute approximate surface area is 238 Å². The molecule has 2 N–H and O–H groups in total. The molecule has 8 nitrogen and oxygen atoms in total. The van der Waals surface area contributed by atoms with Crippen LogP contribution >= 0.6 is 11.6 Å². The zero-order valence-corrected chi connectivity index (χ0v) is 23.1. The number of ether oxygens (including phenoxy) is 1. The minimum absolute atomic E-state index is 0.0811. The van der Waals surface area contributed by atoms with E-state index in [0.717, 1.165) is 28.4 Å². The Morgan fingerprint density at radius 3 is 2.40 bits per heavy atom. The molecule has 0 heterocycles. The fourth-order valence-electron chi connectivity index (χ4n) is 4.05. The van der Waals surface area contributed by atoms with Crippen LogP contribution in [0.1, 0.15) is 21.5 Å². The summed E-state index contributed by atoms with van der Waals surface area (Å²) in [4.78, 5) is 29.4. The molecule has 0 fully saturated rings. The number of hydrogen-bond donors (Lipinski definition) is 2. The van der Waals surface area contributed by atoms with Crippen molar-refractivity contribution in [2.75, 3.05) is 33.8 Å². The highest BCUT2D eigenvalue weighted by Gasteiger charge is 2.16. The molecule has 2 amide bonds. The number of phenolic OH excluding ortho intramolecular Hbond substituents is 1. The van der Waals surface area contributed by atoms with Crippen LogP contribution in [-0.2, 0) is 11.3 Å². The van der Waals surface area contributed by atoms with E-state index in [2.05, 4.69) is 10.5 Å². The number of nitrogens with zero attached hydrogens (tertiary/aromatic N) is 3. The molecule has 0 spiro atoms. The molecule has 0 aromatic heterocycles. The predicted molar refractivity (Wildman–Crippen MR) is 158 cm³/mol. The number of fused-ring (bicyclic) bond motifs is 1. The molecule has 0 bridgehead atoms. The Kier molecular flexibility index (Phi) is 9.72. The van der Waals surface area contributed by atoms with E-state index < -0.39 is 5.91 Å². The van der Waals surface area contributed by atoms with Crippen molar-refractivity contribution in [3.63, 3.8) is 0 Å². The van der Waals surface area contributed by atoms with Crippen molar-refractivity contribution in [3.05, 3.63) is 107 Å². The molecule has 0 unspecified atom stereocenters. The van der Waals surface area contributed by atoms with Crippen LogP contribution in [0.4, 0.5) is 0 Å². The summed E-state index contributed by atoms with van der Waals surface area (Å²) in [6.07, 6.45) is 1.54. The van der Waals surface area contributed by atoms with E-state index in [9.17, 15) is 14.7 Å². The molecule has 206 valence electrons. The largest absolute Gasteiger partial charge is 0.506 e. The average molecular weight is 559 g/mol. The van der Waals surface area contributed by atoms with Gasteiger partial charge in [-0.25, -0.2) is 5.43 Å². The number of halogens is 1. The molecule has 0 aliphatic carbocycles. The number of likely N-dealkylation sites (N-methyl/N-ethyl adjacent to an activating group) is 1. The maximum atomic E-state index is 13.2. The first-order valence-corrected chi connectivity index (χ1v) is 13.1. The second-order valence-electron chi connectivity index (χ2n) is 9.46. The Bertz CT molecular complexity index is 1510. The maximum absolute atomic E-state index is 13.2. The second kappa shape index (κ2) is 13.6. The van der Waals surface area contributed by atoms with Gasteiger partial charge in [-0.15, -0.1) is 0 Å². The van der Waals surface area contributed by atoms with Crippen LogP contribution in [0.15, 0.2) is 90.0 Å². The number of carbonyl (C=O) groups is 2. The third kappa shape index (κ3) is 7.59. The average Bonchev–Trinajstić information content (AvgIpc) is 2.96. The lowest BCUT2D eigenvalue weighted by Gasteiger charge is -2.25. The standard InChI is InChI=1S/C31H31ClN4O4/c1-35(2)16-17-36(20-22-8-4-3-5-9-22)30(38)21-40-29-15-13-24(25-10-6-7-11-26(25)29)19-33-34-31(39)23-12-14-28(37)27(32)18-23/h3-15,18-19,37H,16-17,20-21H2,1-2H3,(H,34,39)/b33-19+. The molecule has 0 aliphatic heterocycles. The van der Waals surface area contributed by atoms with Crippen molar-refractivity contribution >= 4 is 40.4 Å². The normalized spacial score (nSPS) is 11.2. The van der Waals surface area contributed by atoms with E-state index in [1.807, 2.05) is 84.6 Å². The lowest BCUT2D eigenvalue weighted by Crippen LogP contribution is -2.39. The molecule has 40 heavy (non-hydrogen) atoms. The van der Waals surface area contributed by atoms with Crippen LogP contribution in [0, 0.1) is 0 Å². The van der Waals surface area contributed by atoms with Crippen molar-refractivity contribution in [2.24, 2.45) is 5.10 Å². The fraction of sp³-hybridized carbons (Fsp3) is 0.194. The Morgan fingerprint density at radius 2 is 1.68 bits per heavy atom. The Hall–Kier alpha value is -4.40. The summed E-state index contributed by atoms with van der Waals surface area (Å²) in [6, 6.07) is 25.3. The zero-order valence-electron chi connectivity index (χ0n) is 22.4. The van der Waals surface area contributed by atoms with Gasteiger partial charge in [-0.05, 0) is 55.4 Å². The van der Waals surface area contributed by atoms with Crippen molar-refractivity contribution in [1.29, 1.82) is 0 Å². The monoisotopic (exact) mass is 558 g/mol. The van der Waals surface area contributed by atoms with E-state index in [-0.39, 0.29) is 28.8 Å². The van der Waals surface area contributed by atoms with Gasteiger partial charge in [0.2, 0.25) is 0 Å². The summed E-state index contributed by atoms with van der Waals surface area (Å²) in [6.45, 7) is 1.74. The van der Waals surface area contributed by atoms with Gasteiger partial charge in [0.25, 0.3) is 11.8 Å². The summed E-state index contributed by atoms with van der Waals surface area (Å²) in [7, 11) is 3.96. The fourth-order valence-corrected chi connectivity index (χ4v) is 4.23. The van der Waals surface area contributed by atoms with Crippen LogP contribution < -0.4 is 10.2 Å². The van der Waals surface area contributed by atoms with Crippen molar-refractivity contribution in [2.45, 2.75) is 6.54 Å². The molecule has 0 saturated heterocycles. The highest BCUT2D eigenvalue weighted by atomic mass is 35.5. The summed E-state index contributed by atoms with van der Waals surface area (Å²) in [5.41, 5.74) is 4.56. The van der Waals surface area contributed by atoms with Crippen LogP contribution in [0.25, 0.3) is 10.8 Å². The van der Waals surface area contributed by atoms with Crippen LogP contribution in [0.5, 0.6) is 11.5 Å². The highest BCUT2D eigenvalue weighted by Crippen LogP contribution is 2.28. The van der Waals surface area contributed by atoms with Gasteiger partial charge in [0.1, 0.15) is 11.5 Å². The van der Waals surface area contributed by atoms with E-state index in [0.29, 0.717) is 18.8 Å². The number of hydrazone groups is 1. The summed E-state index contributed by atoms with van der Waals surface area (Å²) < 4.78 is 6.03.